The normalized spacial score (nSPS) is 10.2. The fraction of sp³-hybridized carbons (Fsp3) is 0. The SMILES string of the molecule is O=c1[nH]c(-c2cccc(O)c2)nc2ccc(F)cc12.[Ac]. The standard InChI is InChI=1S/C14H9FN2O2.Ac/c15-9-4-5-12-11(7-9)14(19)17-13(16-12)8-2-1-3-10(18)6-8;/h1-7,18H,(H,16,17,19);. The van der Waals surface area contributed by atoms with E-state index in [4.69, 9.17) is 0 Å². The number of nitrogens with zero attached hydrogens (tertiary/aromatic N) is 1. The Morgan fingerprint density at radius 2 is 1.95 bits per heavy atom. The minimum atomic E-state index is -0.482. The summed E-state index contributed by atoms with van der Waals surface area (Å²) in [6, 6.07) is 10.2. The number of hydrogen-bond acceptors (Lipinski definition) is 3. The van der Waals surface area contributed by atoms with E-state index in [1.54, 1.807) is 12.1 Å². The summed E-state index contributed by atoms with van der Waals surface area (Å²) in [4.78, 5) is 18.7. The van der Waals surface area contributed by atoms with E-state index in [2.05, 4.69) is 9.97 Å². The van der Waals surface area contributed by atoms with Crippen molar-refractivity contribution in [3.8, 4) is 17.1 Å². The van der Waals surface area contributed by atoms with Crippen LogP contribution in [0.3, 0.4) is 0 Å². The number of benzene rings is 2. The molecule has 6 heteroatoms. The number of aromatic hydroxyl groups is 1. The van der Waals surface area contributed by atoms with Gasteiger partial charge in [0.1, 0.15) is 17.4 Å². The van der Waals surface area contributed by atoms with Gasteiger partial charge in [0, 0.05) is 49.6 Å². The second kappa shape index (κ2) is 6.03. The van der Waals surface area contributed by atoms with Gasteiger partial charge in [-0.2, -0.15) is 0 Å². The van der Waals surface area contributed by atoms with Gasteiger partial charge in [-0.05, 0) is 30.3 Å². The molecular formula is C14H9AcFN2O2. The van der Waals surface area contributed by atoms with E-state index >= 15 is 0 Å². The number of fused-ring (bicyclic) bond motifs is 1. The van der Waals surface area contributed by atoms with E-state index in [0.717, 1.165) is 6.07 Å². The van der Waals surface area contributed by atoms with Crippen LogP contribution in [0.25, 0.3) is 22.3 Å². The van der Waals surface area contributed by atoms with Crippen molar-refractivity contribution < 1.29 is 53.6 Å². The zero-order chi connectivity index (χ0) is 13.4. The average Bonchev–Trinajstić information content (AvgIpc) is 2.39. The first kappa shape index (κ1) is 15.1. The predicted octanol–water partition coefficient (Wildman–Crippen LogP) is 2.43. The predicted molar refractivity (Wildman–Crippen MR) is 69.4 cm³/mol. The second-order valence-electron chi connectivity index (χ2n) is 4.13. The van der Waals surface area contributed by atoms with E-state index in [-0.39, 0.29) is 55.2 Å². The van der Waals surface area contributed by atoms with Gasteiger partial charge in [-0.3, -0.25) is 4.79 Å². The summed E-state index contributed by atoms with van der Waals surface area (Å²) in [6.07, 6.45) is 0. The van der Waals surface area contributed by atoms with Crippen molar-refractivity contribution in [2.24, 2.45) is 0 Å². The zero-order valence-corrected chi connectivity index (χ0v) is 15.0. The number of halogens is 1. The number of nitrogens with one attached hydrogen (secondary N) is 1. The maximum absolute atomic E-state index is 13.1. The number of hydrogen-bond donors (Lipinski definition) is 2. The Hall–Kier alpha value is -1.25. The van der Waals surface area contributed by atoms with Crippen LogP contribution in [0.2, 0.25) is 0 Å². The zero-order valence-electron chi connectivity index (χ0n) is 10.3. The van der Waals surface area contributed by atoms with Gasteiger partial charge < -0.3 is 10.1 Å². The molecule has 1 radical (unpaired) electrons. The van der Waals surface area contributed by atoms with E-state index in [1.165, 1.54) is 24.3 Å². The maximum Gasteiger partial charge on any atom is 0.259 e. The van der Waals surface area contributed by atoms with Crippen LogP contribution < -0.4 is 5.56 Å². The molecule has 0 amide bonds. The van der Waals surface area contributed by atoms with Crippen molar-refractivity contribution in [1.82, 2.24) is 9.97 Å². The van der Waals surface area contributed by atoms with Crippen LogP contribution in [-0.4, -0.2) is 15.1 Å². The molecule has 2 aromatic carbocycles. The van der Waals surface area contributed by atoms with E-state index in [9.17, 15) is 14.3 Å². The number of H-pyrrole nitrogens is 1. The van der Waals surface area contributed by atoms with Gasteiger partial charge in [-0.1, -0.05) is 12.1 Å². The van der Waals surface area contributed by atoms with E-state index < -0.39 is 11.4 Å². The van der Waals surface area contributed by atoms with Crippen molar-refractivity contribution in [3.63, 3.8) is 0 Å². The van der Waals surface area contributed by atoms with Crippen LogP contribution in [0.5, 0.6) is 5.75 Å². The number of aromatic nitrogens is 2. The monoisotopic (exact) mass is 483 g/mol. The first-order chi connectivity index (χ1) is 9.13. The molecule has 1 heterocycles. The molecule has 0 saturated carbocycles. The van der Waals surface area contributed by atoms with Crippen molar-refractivity contribution in [3.05, 3.63) is 58.6 Å². The molecule has 0 atom stereocenters. The van der Waals surface area contributed by atoms with E-state index in [1.807, 2.05) is 0 Å². The van der Waals surface area contributed by atoms with Gasteiger partial charge in [-0.15, -0.1) is 0 Å². The van der Waals surface area contributed by atoms with Crippen molar-refractivity contribution in [1.29, 1.82) is 0 Å². The molecule has 20 heavy (non-hydrogen) atoms. The Morgan fingerprint density at radius 3 is 2.70 bits per heavy atom. The molecule has 3 rings (SSSR count). The van der Waals surface area contributed by atoms with Crippen LogP contribution in [0.15, 0.2) is 47.3 Å². The summed E-state index contributed by atoms with van der Waals surface area (Å²) in [5.74, 6) is -0.0655. The summed E-state index contributed by atoms with van der Waals surface area (Å²) in [5.41, 5.74) is 0.578. The van der Waals surface area contributed by atoms with Gasteiger partial charge in [0.05, 0.1) is 10.9 Å². The minimum absolute atomic E-state index is 0. The third kappa shape index (κ3) is 2.92. The molecule has 1 aromatic heterocycles. The van der Waals surface area contributed by atoms with Crippen molar-refractivity contribution in [2.45, 2.75) is 0 Å². The molecule has 2 N–H and O–H groups in total. The average molecular weight is 483 g/mol. The van der Waals surface area contributed by atoms with Gasteiger partial charge in [0.15, 0.2) is 0 Å². The van der Waals surface area contributed by atoms with Crippen LogP contribution in [0.1, 0.15) is 0 Å². The summed E-state index contributed by atoms with van der Waals surface area (Å²) in [7, 11) is 0. The van der Waals surface area contributed by atoms with Crippen LogP contribution in [0, 0.1) is 49.9 Å². The molecule has 97 valence electrons. The third-order valence-electron chi connectivity index (χ3n) is 2.79. The van der Waals surface area contributed by atoms with Crippen LogP contribution in [0.4, 0.5) is 4.39 Å². The Morgan fingerprint density at radius 1 is 1.15 bits per heavy atom. The maximum atomic E-state index is 13.1. The van der Waals surface area contributed by atoms with Gasteiger partial charge >= 0.3 is 0 Å². The summed E-state index contributed by atoms with van der Waals surface area (Å²) in [6.45, 7) is 0. The Labute approximate surface area is 149 Å². The van der Waals surface area contributed by atoms with Gasteiger partial charge in [0.25, 0.3) is 5.56 Å². The first-order valence-corrected chi connectivity index (χ1v) is 5.62. The Kier molecular flexibility index (Phi) is 4.56. The summed E-state index contributed by atoms with van der Waals surface area (Å²) < 4.78 is 13.1. The van der Waals surface area contributed by atoms with Crippen LogP contribution >= 0.6 is 0 Å². The molecule has 0 saturated heterocycles. The Balaban J connectivity index is 0.00000147. The Bertz CT molecular complexity index is 833. The minimum Gasteiger partial charge on any atom is -0.508 e. The quantitative estimate of drug-likeness (QED) is 0.559. The molecule has 0 bridgehead atoms. The molecule has 4 nitrogen and oxygen atoms in total. The number of phenols is 1. The molecule has 0 aliphatic rings. The van der Waals surface area contributed by atoms with Crippen molar-refractivity contribution in [2.75, 3.05) is 0 Å². The van der Waals surface area contributed by atoms with Crippen LogP contribution in [-0.2, 0) is 0 Å². The topological polar surface area (TPSA) is 66.0 Å². The fourth-order valence-corrected chi connectivity index (χ4v) is 1.90. The molecule has 0 fully saturated rings. The molecule has 0 aliphatic carbocycles. The molecule has 3 aromatic rings. The summed E-state index contributed by atoms with van der Waals surface area (Å²) >= 11 is 0. The van der Waals surface area contributed by atoms with E-state index in [0.29, 0.717) is 16.9 Å². The first-order valence-electron chi connectivity index (χ1n) is 5.62. The smallest absolute Gasteiger partial charge is 0.259 e. The largest absolute Gasteiger partial charge is 0.508 e. The molecule has 0 spiro atoms. The fourth-order valence-electron chi connectivity index (χ4n) is 1.90. The van der Waals surface area contributed by atoms with Crippen molar-refractivity contribution >= 4 is 10.9 Å². The number of phenolic OH excluding ortho intramolecular Hbond substituents is 1. The number of aromatic amines is 1. The van der Waals surface area contributed by atoms with Gasteiger partial charge in [0.2, 0.25) is 0 Å². The third-order valence-corrected chi connectivity index (χ3v) is 2.79. The second-order valence-corrected chi connectivity index (χ2v) is 4.13. The molecule has 0 aliphatic heterocycles. The molecule has 0 unspecified atom stereocenters. The number of rotatable bonds is 1. The summed E-state index contributed by atoms with van der Waals surface area (Å²) in [5, 5.41) is 9.62. The van der Waals surface area contributed by atoms with Gasteiger partial charge in [-0.25, -0.2) is 9.37 Å². The molecular weight excluding hydrogens is 474 g/mol.